The van der Waals surface area contributed by atoms with Crippen LogP contribution in [0.1, 0.15) is 63.0 Å². The van der Waals surface area contributed by atoms with Crippen LogP contribution in [-0.2, 0) is 4.79 Å². The summed E-state index contributed by atoms with van der Waals surface area (Å²) in [6.07, 6.45) is 4.32. The molecule has 0 saturated heterocycles. The van der Waals surface area contributed by atoms with Gasteiger partial charge < -0.3 is 9.67 Å². The summed E-state index contributed by atoms with van der Waals surface area (Å²) in [6.45, 7) is 5.86. The Balaban J connectivity index is 2.37. The Kier molecular flexibility index (Phi) is 2.74. The third kappa shape index (κ3) is 1.96. The van der Waals surface area contributed by atoms with E-state index in [9.17, 15) is 4.79 Å². The topological polar surface area (TPSA) is 55.1 Å². The van der Waals surface area contributed by atoms with Crippen LogP contribution in [0.25, 0.3) is 0 Å². The second-order valence-corrected chi connectivity index (χ2v) is 4.88. The molecule has 88 valence electrons. The van der Waals surface area contributed by atoms with Crippen LogP contribution < -0.4 is 0 Å². The first-order chi connectivity index (χ1) is 7.50. The summed E-state index contributed by atoms with van der Waals surface area (Å²) in [6, 6.07) is 0.483. The van der Waals surface area contributed by atoms with Crippen molar-refractivity contribution in [2.75, 3.05) is 0 Å². The molecular formula is C12H18N2O2. The lowest BCUT2D eigenvalue weighted by Crippen LogP contribution is -2.13. The number of aliphatic carboxylic acids is 1. The van der Waals surface area contributed by atoms with E-state index in [0.29, 0.717) is 17.8 Å². The molecular weight excluding hydrogens is 204 g/mol. The van der Waals surface area contributed by atoms with Crippen molar-refractivity contribution < 1.29 is 9.90 Å². The zero-order valence-corrected chi connectivity index (χ0v) is 9.97. The standard InChI is InChI=1S/C12H18N2O2/c1-7(2)10-6-14(9-4-5-9)11(13-10)8(3)12(15)16/h6-9H,4-5H2,1-3H3,(H,15,16). The maximum absolute atomic E-state index is 11.0. The van der Waals surface area contributed by atoms with Crippen molar-refractivity contribution in [1.29, 1.82) is 0 Å². The minimum Gasteiger partial charge on any atom is -0.481 e. The summed E-state index contributed by atoms with van der Waals surface area (Å²) >= 11 is 0. The molecule has 2 rings (SSSR count). The molecule has 0 aliphatic heterocycles. The molecule has 1 atom stereocenters. The monoisotopic (exact) mass is 222 g/mol. The maximum Gasteiger partial charge on any atom is 0.313 e. The second-order valence-electron chi connectivity index (χ2n) is 4.88. The largest absolute Gasteiger partial charge is 0.481 e. The Labute approximate surface area is 95.3 Å². The third-order valence-electron chi connectivity index (χ3n) is 3.07. The average Bonchev–Trinajstić information content (AvgIpc) is 2.96. The molecule has 4 heteroatoms. The molecule has 0 spiro atoms. The number of carboxylic acids is 1. The van der Waals surface area contributed by atoms with E-state index in [1.54, 1.807) is 6.92 Å². The van der Waals surface area contributed by atoms with Crippen LogP contribution in [0.15, 0.2) is 6.20 Å². The number of carboxylic acid groups (broad SMARTS) is 1. The highest BCUT2D eigenvalue weighted by Crippen LogP contribution is 2.38. The molecule has 1 aliphatic rings. The van der Waals surface area contributed by atoms with Crippen LogP contribution >= 0.6 is 0 Å². The number of hydrogen-bond acceptors (Lipinski definition) is 2. The van der Waals surface area contributed by atoms with E-state index in [-0.39, 0.29) is 0 Å². The maximum atomic E-state index is 11.0. The summed E-state index contributed by atoms with van der Waals surface area (Å²) in [7, 11) is 0. The lowest BCUT2D eigenvalue weighted by Gasteiger charge is -2.08. The first-order valence-electron chi connectivity index (χ1n) is 5.82. The van der Waals surface area contributed by atoms with Crippen LogP contribution in [0.2, 0.25) is 0 Å². The van der Waals surface area contributed by atoms with Crippen molar-refractivity contribution in [2.24, 2.45) is 0 Å². The van der Waals surface area contributed by atoms with E-state index in [2.05, 4.69) is 23.4 Å². The van der Waals surface area contributed by atoms with Crippen LogP contribution in [0.5, 0.6) is 0 Å². The van der Waals surface area contributed by atoms with Crippen LogP contribution in [0.3, 0.4) is 0 Å². The van der Waals surface area contributed by atoms with Crippen LogP contribution in [0.4, 0.5) is 0 Å². The summed E-state index contributed by atoms with van der Waals surface area (Å²) < 4.78 is 2.06. The molecule has 0 aromatic carbocycles. The highest BCUT2D eigenvalue weighted by molar-refractivity contribution is 5.74. The Bertz CT molecular complexity index is 405. The molecule has 1 aliphatic carbocycles. The zero-order chi connectivity index (χ0) is 11.9. The van der Waals surface area contributed by atoms with Gasteiger partial charge in [-0.3, -0.25) is 4.79 Å². The summed E-state index contributed by atoms with van der Waals surface area (Å²) in [5.41, 5.74) is 0.995. The Hall–Kier alpha value is -1.32. The van der Waals surface area contributed by atoms with Crippen molar-refractivity contribution in [3.63, 3.8) is 0 Å². The quantitative estimate of drug-likeness (QED) is 0.851. The van der Waals surface area contributed by atoms with E-state index in [1.807, 2.05) is 6.20 Å². The lowest BCUT2D eigenvalue weighted by atomic mass is 10.1. The smallest absolute Gasteiger partial charge is 0.313 e. The molecule has 4 nitrogen and oxygen atoms in total. The number of nitrogens with zero attached hydrogens (tertiary/aromatic N) is 2. The fourth-order valence-corrected chi connectivity index (χ4v) is 1.78. The van der Waals surface area contributed by atoms with Gasteiger partial charge in [-0.25, -0.2) is 4.98 Å². The highest BCUT2D eigenvalue weighted by atomic mass is 16.4. The number of rotatable bonds is 4. The van der Waals surface area contributed by atoms with Gasteiger partial charge in [0.15, 0.2) is 0 Å². The first kappa shape index (κ1) is 11.2. The molecule has 1 saturated carbocycles. The van der Waals surface area contributed by atoms with Crippen molar-refractivity contribution in [2.45, 2.75) is 51.5 Å². The molecule has 1 unspecified atom stereocenters. The molecule has 0 radical (unpaired) electrons. The molecule has 1 fully saturated rings. The van der Waals surface area contributed by atoms with Gasteiger partial charge in [-0.05, 0) is 25.7 Å². The van der Waals surface area contributed by atoms with Gasteiger partial charge in [0.2, 0.25) is 0 Å². The van der Waals surface area contributed by atoms with Crippen molar-refractivity contribution in [1.82, 2.24) is 9.55 Å². The summed E-state index contributed by atoms with van der Waals surface area (Å²) in [5, 5.41) is 9.06. The Morgan fingerprint density at radius 3 is 2.56 bits per heavy atom. The van der Waals surface area contributed by atoms with Gasteiger partial charge >= 0.3 is 5.97 Å². The molecule has 1 aromatic rings. The fraction of sp³-hybridized carbons (Fsp3) is 0.667. The molecule has 0 bridgehead atoms. The van der Waals surface area contributed by atoms with Gasteiger partial charge in [0.1, 0.15) is 11.7 Å². The third-order valence-corrected chi connectivity index (χ3v) is 3.07. The van der Waals surface area contributed by atoms with Gasteiger partial charge in [0.05, 0.1) is 5.69 Å². The number of imidazole rings is 1. The van der Waals surface area contributed by atoms with E-state index in [1.165, 1.54) is 0 Å². The predicted molar refractivity (Wildman–Crippen MR) is 60.6 cm³/mol. The molecule has 1 N–H and O–H groups in total. The van der Waals surface area contributed by atoms with E-state index in [4.69, 9.17) is 5.11 Å². The second kappa shape index (κ2) is 3.92. The van der Waals surface area contributed by atoms with Gasteiger partial charge in [-0.1, -0.05) is 13.8 Å². The molecule has 1 aromatic heterocycles. The van der Waals surface area contributed by atoms with E-state index in [0.717, 1.165) is 18.5 Å². The SMILES string of the molecule is CC(C)c1cn(C2CC2)c(C(C)C(=O)O)n1. The zero-order valence-electron chi connectivity index (χ0n) is 9.97. The van der Waals surface area contributed by atoms with Crippen molar-refractivity contribution in [3.05, 3.63) is 17.7 Å². The average molecular weight is 222 g/mol. The van der Waals surface area contributed by atoms with Gasteiger partial charge in [-0.15, -0.1) is 0 Å². The summed E-state index contributed by atoms with van der Waals surface area (Å²) in [5.74, 6) is -0.269. The fourth-order valence-electron chi connectivity index (χ4n) is 1.78. The van der Waals surface area contributed by atoms with E-state index >= 15 is 0 Å². The molecule has 16 heavy (non-hydrogen) atoms. The highest BCUT2D eigenvalue weighted by Gasteiger charge is 2.30. The number of carbonyl (C=O) groups is 1. The molecule has 1 heterocycles. The minimum atomic E-state index is -0.803. The van der Waals surface area contributed by atoms with E-state index < -0.39 is 11.9 Å². The Morgan fingerprint density at radius 2 is 2.12 bits per heavy atom. The van der Waals surface area contributed by atoms with Gasteiger partial charge in [-0.2, -0.15) is 0 Å². The lowest BCUT2D eigenvalue weighted by molar-refractivity contribution is -0.138. The minimum absolute atomic E-state index is 0.347. The molecule has 0 amide bonds. The predicted octanol–water partition coefficient (Wildman–Crippen LogP) is 2.53. The Morgan fingerprint density at radius 1 is 1.50 bits per heavy atom. The van der Waals surface area contributed by atoms with Crippen LogP contribution in [0, 0.1) is 0 Å². The van der Waals surface area contributed by atoms with Crippen molar-refractivity contribution in [3.8, 4) is 0 Å². The first-order valence-corrected chi connectivity index (χ1v) is 5.82. The van der Waals surface area contributed by atoms with Crippen LogP contribution in [-0.4, -0.2) is 20.6 Å². The number of hydrogen-bond donors (Lipinski definition) is 1. The normalized spacial score (nSPS) is 17.8. The summed E-state index contributed by atoms with van der Waals surface area (Å²) in [4.78, 5) is 15.5. The van der Waals surface area contributed by atoms with Gasteiger partial charge in [0, 0.05) is 12.2 Å². The number of aromatic nitrogens is 2. The van der Waals surface area contributed by atoms with Gasteiger partial charge in [0.25, 0.3) is 0 Å². The van der Waals surface area contributed by atoms with Crippen molar-refractivity contribution >= 4 is 5.97 Å².